The fourth-order valence-electron chi connectivity index (χ4n) is 2.38. The van der Waals surface area contributed by atoms with E-state index in [1.807, 2.05) is 17.9 Å². The Morgan fingerprint density at radius 2 is 2.44 bits per heavy atom. The van der Waals surface area contributed by atoms with Crippen LogP contribution in [0.4, 0.5) is 0 Å². The number of hydrogen-bond donors (Lipinski definition) is 1. The lowest BCUT2D eigenvalue weighted by atomic mass is 10.1. The van der Waals surface area contributed by atoms with Gasteiger partial charge in [-0.15, -0.1) is 0 Å². The van der Waals surface area contributed by atoms with Gasteiger partial charge in [-0.1, -0.05) is 13.3 Å². The van der Waals surface area contributed by atoms with Gasteiger partial charge in [-0.25, -0.2) is 0 Å². The Bertz CT molecular complexity index is 319. The molecular formula is C12H22N4. The number of nitrogens with zero attached hydrogens (tertiary/aromatic N) is 3. The Hall–Kier alpha value is -0.870. The van der Waals surface area contributed by atoms with Crippen molar-refractivity contribution in [3.8, 4) is 0 Å². The molecule has 4 heteroatoms. The Morgan fingerprint density at radius 3 is 3.12 bits per heavy atom. The minimum absolute atomic E-state index is 0.681. The molecule has 2 heterocycles. The smallest absolute Gasteiger partial charge is 0.0764 e. The summed E-state index contributed by atoms with van der Waals surface area (Å²) in [5.74, 6) is 0. The van der Waals surface area contributed by atoms with Gasteiger partial charge in [0.15, 0.2) is 0 Å². The highest BCUT2D eigenvalue weighted by atomic mass is 15.3. The minimum Gasteiger partial charge on any atom is -0.314 e. The van der Waals surface area contributed by atoms with E-state index in [0.29, 0.717) is 6.04 Å². The van der Waals surface area contributed by atoms with Crippen molar-refractivity contribution in [2.24, 2.45) is 7.05 Å². The van der Waals surface area contributed by atoms with Gasteiger partial charge < -0.3 is 5.32 Å². The number of aromatic nitrogens is 2. The lowest BCUT2D eigenvalue weighted by Crippen LogP contribution is -2.50. The van der Waals surface area contributed by atoms with Crippen LogP contribution in [0, 0.1) is 0 Å². The summed E-state index contributed by atoms with van der Waals surface area (Å²) < 4.78 is 1.88. The first-order valence-corrected chi connectivity index (χ1v) is 6.23. The predicted molar refractivity (Wildman–Crippen MR) is 65.2 cm³/mol. The van der Waals surface area contributed by atoms with Gasteiger partial charge in [0.25, 0.3) is 0 Å². The van der Waals surface area contributed by atoms with Crippen LogP contribution in [0.1, 0.15) is 25.5 Å². The van der Waals surface area contributed by atoms with Crippen molar-refractivity contribution in [1.29, 1.82) is 0 Å². The summed E-state index contributed by atoms with van der Waals surface area (Å²) in [6, 6.07) is 2.80. The molecule has 1 aliphatic rings. The number of aryl methyl sites for hydroxylation is 1. The van der Waals surface area contributed by atoms with Crippen molar-refractivity contribution in [2.45, 2.75) is 32.4 Å². The van der Waals surface area contributed by atoms with Gasteiger partial charge in [-0.05, 0) is 12.5 Å². The van der Waals surface area contributed by atoms with Crippen LogP contribution in [0.2, 0.25) is 0 Å². The van der Waals surface area contributed by atoms with Crippen molar-refractivity contribution >= 4 is 0 Å². The highest BCUT2D eigenvalue weighted by Gasteiger charge is 2.21. The molecule has 1 saturated heterocycles. The van der Waals surface area contributed by atoms with Gasteiger partial charge >= 0.3 is 0 Å². The standard InChI is InChI=1S/C12H22N4/c1-3-4-12-9-13-6-8-16(12)10-11-5-7-15(2)14-11/h5,7,12-13H,3-4,6,8-10H2,1-2H3. The second-order valence-corrected chi connectivity index (χ2v) is 4.60. The lowest BCUT2D eigenvalue weighted by Gasteiger charge is -2.35. The second kappa shape index (κ2) is 5.46. The predicted octanol–water partition coefficient (Wildman–Crippen LogP) is 0.994. The summed E-state index contributed by atoms with van der Waals surface area (Å²) in [6.45, 7) is 6.62. The number of rotatable bonds is 4. The first kappa shape index (κ1) is 11.6. The van der Waals surface area contributed by atoms with Crippen LogP contribution < -0.4 is 5.32 Å². The van der Waals surface area contributed by atoms with Gasteiger partial charge in [0.05, 0.1) is 5.69 Å². The monoisotopic (exact) mass is 222 g/mol. The van der Waals surface area contributed by atoms with Crippen LogP contribution in [0.3, 0.4) is 0 Å². The summed E-state index contributed by atoms with van der Waals surface area (Å²) in [4.78, 5) is 2.56. The molecule has 1 aliphatic heterocycles. The molecule has 2 rings (SSSR count). The number of nitrogens with one attached hydrogen (secondary N) is 1. The highest BCUT2D eigenvalue weighted by molar-refractivity contribution is 4.99. The molecule has 90 valence electrons. The molecule has 0 aromatic carbocycles. The molecule has 1 fully saturated rings. The van der Waals surface area contributed by atoms with Crippen molar-refractivity contribution in [1.82, 2.24) is 20.0 Å². The molecule has 0 saturated carbocycles. The maximum atomic E-state index is 4.45. The molecule has 1 aromatic heterocycles. The molecular weight excluding hydrogens is 200 g/mol. The minimum atomic E-state index is 0.681. The molecule has 4 nitrogen and oxygen atoms in total. The summed E-state index contributed by atoms with van der Waals surface area (Å²) in [7, 11) is 1.98. The van der Waals surface area contributed by atoms with Crippen molar-refractivity contribution < 1.29 is 0 Å². The van der Waals surface area contributed by atoms with E-state index in [9.17, 15) is 0 Å². The van der Waals surface area contributed by atoms with E-state index in [1.165, 1.54) is 18.5 Å². The maximum Gasteiger partial charge on any atom is 0.0764 e. The summed E-state index contributed by atoms with van der Waals surface area (Å²) in [5, 5.41) is 7.93. The fraction of sp³-hybridized carbons (Fsp3) is 0.750. The third-order valence-electron chi connectivity index (χ3n) is 3.23. The quantitative estimate of drug-likeness (QED) is 0.825. The van der Waals surface area contributed by atoms with Crippen LogP contribution in [0.25, 0.3) is 0 Å². The first-order chi connectivity index (χ1) is 7.79. The van der Waals surface area contributed by atoms with Crippen molar-refractivity contribution in [3.63, 3.8) is 0 Å². The molecule has 0 spiro atoms. The zero-order chi connectivity index (χ0) is 11.4. The van der Waals surface area contributed by atoms with Gasteiger partial charge in [0.1, 0.15) is 0 Å². The van der Waals surface area contributed by atoms with Crippen LogP contribution >= 0.6 is 0 Å². The van der Waals surface area contributed by atoms with E-state index < -0.39 is 0 Å². The summed E-state index contributed by atoms with van der Waals surface area (Å²) in [6.07, 6.45) is 4.55. The molecule has 0 bridgehead atoms. The molecule has 0 amide bonds. The topological polar surface area (TPSA) is 33.1 Å². The van der Waals surface area contributed by atoms with E-state index in [-0.39, 0.29) is 0 Å². The normalized spacial score (nSPS) is 22.5. The molecule has 1 unspecified atom stereocenters. The zero-order valence-corrected chi connectivity index (χ0v) is 10.3. The van der Waals surface area contributed by atoms with E-state index in [1.54, 1.807) is 0 Å². The van der Waals surface area contributed by atoms with Crippen LogP contribution in [0.5, 0.6) is 0 Å². The molecule has 0 radical (unpaired) electrons. The van der Waals surface area contributed by atoms with Gasteiger partial charge in [0, 0.05) is 45.5 Å². The average molecular weight is 222 g/mol. The van der Waals surface area contributed by atoms with Gasteiger partial charge in [-0.2, -0.15) is 5.10 Å². The average Bonchev–Trinajstić information content (AvgIpc) is 2.67. The maximum absolute atomic E-state index is 4.45. The largest absolute Gasteiger partial charge is 0.314 e. The Labute approximate surface area is 97.6 Å². The highest BCUT2D eigenvalue weighted by Crippen LogP contribution is 2.12. The summed E-state index contributed by atoms with van der Waals surface area (Å²) >= 11 is 0. The van der Waals surface area contributed by atoms with Gasteiger partial charge in [-0.3, -0.25) is 9.58 Å². The number of hydrogen-bond acceptors (Lipinski definition) is 3. The molecule has 0 aliphatic carbocycles. The molecule has 1 aromatic rings. The third-order valence-corrected chi connectivity index (χ3v) is 3.23. The van der Waals surface area contributed by atoms with Crippen molar-refractivity contribution in [3.05, 3.63) is 18.0 Å². The Morgan fingerprint density at radius 1 is 1.56 bits per heavy atom. The van der Waals surface area contributed by atoms with Crippen LogP contribution in [-0.2, 0) is 13.6 Å². The Balaban J connectivity index is 1.95. The zero-order valence-electron chi connectivity index (χ0n) is 10.3. The molecule has 1 N–H and O–H groups in total. The van der Waals surface area contributed by atoms with Crippen LogP contribution in [-0.4, -0.2) is 40.4 Å². The molecule has 1 atom stereocenters. The van der Waals surface area contributed by atoms with E-state index in [0.717, 1.165) is 26.2 Å². The van der Waals surface area contributed by atoms with Gasteiger partial charge in [0.2, 0.25) is 0 Å². The SMILES string of the molecule is CCCC1CNCCN1Cc1ccn(C)n1. The van der Waals surface area contributed by atoms with E-state index in [4.69, 9.17) is 0 Å². The van der Waals surface area contributed by atoms with Crippen molar-refractivity contribution in [2.75, 3.05) is 19.6 Å². The number of piperazine rings is 1. The summed E-state index contributed by atoms with van der Waals surface area (Å²) in [5.41, 5.74) is 1.19. The first-order valence-electron chi connectivity index (χ1n) is 6.23. The fourth-order valence-corrected chi connectivity index (χ4v) is 2.38. The lowest BCUT2D eigenvalue weighted by molar-refractivity contribution is 0.142. The molecule has 16 heavy (non-hydrogen) atoms. The Kier molecular flexibility index (Phi) is 3.96. The third kappa shape index (κ3) is 2.83. The van der Waals surface area contributed by atoms with E-state index in [2.05, 4.69) is 28.3 Å². The second-order valence-electron chi connectivity index (χ2n) is 4.60. The van der Waals surface area contributed by atoms with Crippen LogP contribution in [0.15, 0.2) is 12.3 Å². The van der Waals surface area contributed by atoms with E-state index >= 15 is 0 Å².